The first-order valence-corrected chi connectivity index (χ1v) is 9.63. The molecule has 138 valence electrons. The third kappa shape index (κ3) is 2.93. The van der Waals surface area contributed by atoms with Gasteiger partial charge in [0.1, 0.15) is 11.9 Å². The second-order valence-electron chi connectivity index (χ2n) is 6.54. The van der Waals surface area contributed by atoms with E-state index in [1.807, 2.05) is 48.5 Å². The Kier molecular flexibility index (Phi) is 4.09. The van der Waals surface area contributed by atoms with Crippen LogP contribution in [0.15, 0.2) is 80.9 Å². The summed E-state index contributed by atoms with van der Waals surface area (Å²) in [5, 5.41) is 6.10. The van der Waals surface area contributed by atoms with Crippen LogP contribution >= 0.6 is 15.9 Å². The van der Waals surface area contributed by atoms with Crippen molar-refractivity contribution < 1.29 is 9.21 Å². The number of rotatable bonds is 3. The first-order chi connectivity index (χ1) is 13.7. The fourth-order valence-corrected chi connectivity index (χ4v) is 3.64. The van der Waals surface area contributed by atoms with Crippen LogP contribution in [0.25, 0.3) is 11.0 Å². The highest BCUT2D eigenvalue weighted by Crippen LogP contribution is 2.33. The number of nitrogens with zero attached hydrogens (tertiary/aromatic N) is 3. The molecule has 0 aliphatic carbocycles. The lowest BCUT2D eigenvalue weighted by Gasteiger charge is -2.18. The summed E-state index contributed by atoms with van der Waals surface area (Å²) in [4.78, 5) is 21.0. The number of aromatic nitrogens is 2. The molecular weight excluding hydrogens is 420 g/mol. The van der Waals surface area contributed by atoms with Crippen molar-refractivity contribution in [1.82, 2.24) is 15.0 Å². The molecule has 7 heteroatoms. The Bertz CT molecular complexity index is 1150. The lowest BCUT2D eigenvalue weighted by molar-refractivity contribution is 0.0672. The first kappa shape index (κ1) is 16.9. The van der Waals surface area contributed by atoms with Crippen LogP contribution in [0.2, 0.25) is 0 Å². The molecule has 1 atom stereocenters. The van der Waals surface area contributed by atoms with Crippen LogP contribution in [0, 0.1) is 0 Å². The van der Waals surface area contributed by atoms with Gasteiger partial charge < -0.3 is 9.40 Å². The van der Waals surface area contributed by atoms with Gasteiger partial charge in [0.15, 0.2) is 5.76 Å². The summed E-state index contributed by atoms with van der Waals surface area (Å²) in [5.41, 5.74) is 3.59. The number of carbonyl (C=O) groups excluding carboxylic acids is 1. The summed E-state index contributed by atoms with van der Waals surface area (Å²) >= 11 is 3.45. The summed E-state index contributed by atoms with van der Waals surface area (Å²) < 4.78 is 6.30. The van der Waals surface area contributed by atoms with Gasteiger partial charge in [-0.15, -0.1) is 0 Å². The number of para-hydroxylation sites is 2. The van der Waals surface area contributed by atoms with E-state index in [2.05, 4.69) is 26.0 Å². The number of fused-ring (bicyclic) bond motifs is 1. The Morgan fingerprint density at radius 2 is 1.93 bits per heavy atom. The zero-order valence-electron chi connectivity index (χ0n) is 14.7. The molecule has 1 amide bonds. The van der Waals surface area contributed by atoms with Gasteiger partial charge >= 0.3 is 5.91 Å². The Morgan fingerprint density at radius 1 is 1.11 bits per heavy atom. The molecule has 4 aromatic rings. The van der Waals surface area contributed by atoms with Crippen molar-refractivity contribution in [3.8, 4) is 0 Å². The molecule has 2 aromatic carbocycles. The zero-order valence-corrected chi connectivity index (χ0v) is 16.3. The SMILES string of the molecule is O=C(c1ccco1)N1N=C(c2ccc(Br)cc2)CC1c1nc2ccccc2[nH]1. The quantitative estimate of drug-likeness (QED) is 0.497. The normalized spacial score (nSPS) is 16.5. The number of imidazole rings is 1. The molecule has 3 heterocycles. The number of hydrogen-bond donors (Lipinski definition) is 1. The maximum absolute atomic E-state index is 13.0. The number of carbonyl (C=O) groups is 1. The molecule has 0 radical (unpaired) electrons. The number of halogens is 1. The van der Waals surface area contributed by atoms with Crippen LogP contribution in [-0.2, 0) is 0 Å². The van der Waals surface area contributed by atoms with Crippen LogP contribution in [-0.4, -0.2) is 26.6 Å². The van der Waals surface area contributed by atoms with Crippen molar-refractivity contribution in [3.05, 3.63) is 88.5 Å². The minimum atomic E-state index is -0.330. The van der Waals surface area contributed by atoms with Gasteiger partial charge in [-0.2, -0.15) is 5.10 Å². The summed E-state index contributed by atoms with van der Waals surface area (Å²) in [6, 6.07) is 18.7. The second-order valence-corrected chi connectivity index (χ2v) is 7.46. The number of furan rings is 1. The molecule has 1 unspecified atom stereocenters. The van der Waals surface area contributed by atoms with Gasteiger partial charge in [0, 0.05) is 10.9 Å². The maximum atomic E-state index is 13.0. The van der Waals surface area contributed by atoms with Crippen molar-refractivity contribution >= 4 is 38.6 Å². The summed E-state index contributed by atoms with van der Waals surface area (Å²) in [5.74, 6) is 0.668. The van der Waals surface area contributed by atoms with E-state index in [0.717, 1.165) is 26.8 Å². The Morgan fingerprint density at radius 3 is 2.68 bits per heavy atom. The number of aromatic amines is 1. The zero-order chi connectivity index (χ0) is 19.1. The molecular formula is C21H15BrN4O2. The van der Waals surface area contributed by atoms with Crippen molar-refractivity contribution in [2.24, 2.45) is 5.10 Å². The highest BCUT2D eigenvalue weighted by molar-refractivity contribution is 9.10. The average Bonchev–Trinajstić information content (AvgIpc) is 3.46. The van der Waals surface area contributed by atoms with Gasteiger partial charge in [-0.05, 0) is 42.0 Å². The van der Waals surface area contributed by atoms with E-state index in [0.29, 0.717) is 12.2 Å². The molecule has 2 aromatic heterocycles. The Labute approximate surface area is 169 Å². The summed E-state index contributed by atoms with van der Waals surface area (Å²) in [6.07, 6.45) is 2.05. The maximum Gasteiger partial charge on any atom is 0.310 e. The largest absolute Gasteiger partial charge is 0.459 e. The van der Waals surface area contributed by atoms with E-state index in [4.69, 9.17) is 9.40 Å². The van der Waals surface area contributed by atoms with Crippen LogP contribution in [0.3, 0.4) is 0 Å². The molecule has 0 saturated heterocycles. The monoisotopic (exact) mass is 434 g/mol. The second kappa shape index (κ2) is 6.76. The minimum absolute atomic E-state index is 0.252. The van der Waals surface area contributed by atoms with E-state index in [1.165, 1.54) is 11.3 Å². The highest BCUT2D eigenvalue weighted by atomic mass is 79.9. The predicted octanol–water partition coefficient (Wildman–Crippen LogP) is 4.91. The molecule has 0 bridgehead atoms. The number of nitrogens with one attached hydrogen (secondary N) is 1. The van der Waals surface area contributed by atoms with Crippen molar-refractivity contribution in [1.29, 1.82) is 0 Å². The van der Waals surface area contributed by atoms with E-state index in [1.54, 1.807) is 12.1 Å². The van der Waals surface area contributed by atoms with Crippen LogP contribution < -0.4 is 0 Å². The molecule has 1 N–H and O–H groups in total. The third-order valence-corrected chi connectivity index (χ3v) is 5.28. The summed E-state index contributed by atoms with van der Waals surface area (Å²) in [7, 11) is 0. The number of hydrogen-bond acceptors (Lipinski definition) is 4. The fourth-order valence-electron chi connectivity index (χ4n) is 3.37. The Balaban J connectivity index is 1.56. The third-order valence-electron chi connectivity index (χ3n) is 4.75. The smallest absolute Gasteiger partial charge is 0.310 e. The highest BCUT2D eigenvalue weighted by Gasteiger charge is 2.36. The molecule has 6 nitrogen and oxygen atoms in total. The molecule has 0 spiro atoms. The summed E-state index contributed by atoms with van der Waals surface area (Å²) in [6.45, 7) is 0. The van der Waals surface area contributed by atoms with E-state index < -0.39 is 0 Å². The van der Waals surface area contributed by atoms with Crippen molar-refractivity contribution in [3.63, 3.8) is 0 Å². The van der Waals surface area contributed by atoms with E-state index in [9.17, 15) is 4.79 Å². The molecule has 0 saturated carbocycles. The Hall–Kier alpha value is -3.19. The number of H-pyrrole nitrogens is 1. The number of benzene rings is 2. The average molecular weight is 435 g/mol. The van der Waals surface area contributed by atoms with E-state index in [-0.39, 0.29) is 17.7 Å². The molecule has 28 heavy (non-hydrogen) atoms. The molecule has 1 aliphatic rings. The van der Waals surface area contributed by atoms with Crippen LogP contribution in [0.5, 0.6) is 0 Å². The molecule has 0 fully saturated rings. The van der Waals surface area contributed by atoms with Gasteiger partial charge in [-0.1, -0.05) is 40.2 Å². The van der Waals surface area contributed by atoms with Gasteiger partial charge in [0.05, 0.1) is 23.0 Å². The van der Waals surface area contributed by atoms with Gasteiger partial charge in [-0.3, -0.25) is 4.79 Å². The van der Waals surface area contributed by atoms with Gasteiger partial charge in [0.2, 0.25) is 0 Å². The lowest BCUT2D eigenvalue weighted by Crippen LogP contribution is -2.27. The topological polar surface area (TPSA) is 74.5 Å². The van der Waals surface area contributed by atoms with Crippen LogP contribution in [0.4, 0.5) is 0 Å². The van der Waals surface area contributed by atoms with Crippen LogP contribution in [0.1, 0.15) is 34.4 Å². The standard InChI is InChI=1S/C21H15BrN4O2/c22-14-9-7-13(8-10-14)17-12-18(20-23-15-4-1-2-5-16(15)24-20)26(25-17)21(27)19-6-3-11-28-19/h1-11,18H,12H2,(H,23,24). The molecule has 1 aliphatic heterocycles. The van der Waals surface area contributed by atoms with E-state index >= 15 is 0 Å². The lowest BCUT2D eigenvalue weighted by atomic mass is 10.0. The first-order valence-electron chi connectivity index (χ1n) is 8.84. The molecule has 5 rings (SSSR count). The van der Waals surface area contributed by atoms with Crippen molar-refractivity contribution in [2.75, 3.05) is 0 Å². The van der Waals surface area contributed by atoms with Crippen molar-refractivity contribution in [2.45, 2.75) is 12.5 Å². The van der Waals surface area contributed by atoms with Gasteiger partial charge in [-0.25, -0.2) is 9.99 Å². The predicted molar refractivity (Wildman–Crippen MR) is 109 cm³/mol. The fraction of sp³-hybridized carbons (Fsp3) is 0.0952. The number of hydrazone groups is 1. The van der Waals surface area contributed by atoms with Gasteiger partial charge in [0.25, 0.3) is 0 Å². The minimum Gasteiger partial charge on any atom is -0.459 e. The number of amides is 1.